The van der Waals surface area contributed by atoms with Crippen LogP contribution in [0.4, 0.5) is 5.69 Å². The van der Waals surface area contributed by atoms with Gasteiger partial charge in [0.2, 0.25) is 0 Å². The minimum absolute atomic E-state index is 0.0675. The Morgan fingerprint density at radius 3 is 2.35 bits per heavy atom. The van der Waals surface area contributed by atoms with E-state index in [-0.39, 0.29) is 18.1 Å². The van der Waals surface area contributed by atoms with E-state index in [0.717, 1.165) is 25.9 Å². The van der Waals surface area contributed by atoms with Crippen molar-refractivity contribution >= 4 is 17.6 Å². The van der Waals surface area contributed by atoms with Gasteiger partial charge in [0.05, 0.1) is 49.6 Å². The highest BCUT2D eigenvalue weighted by atomic mass is 16.5. The molecule has 0 saturated heterocycles. The van der Waals surface area contributed by atoms with Crippen molar-refractivity contribution in [2.75, 3.05) is 32.1 Å². The summed E-state index contributed by atoms with van der Waals surface area (Å²) in [5, 5.41) is 12.2. The molecule has 140 valence electrons. The molecule has 1 aromatic rings. The Hall–Kier alpha value is -2.39. The summed E-state index contributed by atoms with van der Waals surface area (Å²) in [6.07, 6.45) is 1.67. The van der Waals surface area contributed by atoms with Gasteiger partial charge in [-0.05, 0) is 45.4 Å². The number of hydrogen-bond donors (Lipinski definition) is 1. The smallest absolute Gasteiger partial charge is 0.340 e. The number of ether oxygens (including phenoxy) is 1. The summed E-state index contributed by atoms with van der Waals surface area (Å²) in [4.78, 5) is 25.5. The first-order valence-electron chi connectivity index (χ1n) is 9.16. The number of carbonyl (C=O) groups is 2. The van der Waals surface area contributed by atoms with Crippen molar-refractivity contribution in [2.24, 2.45) is 0 Å². The number of anilines is 1. The van der Waals surface area contributed by atoms with Crippen LogP contribution in [0.3, 0.4) is 0 Å². The Kier molecular flexibility index (Phi) is 5.72. The Morgan fingerprint density at radius 2 is 1.88 bits per heavy atom. The third kappa shape index (κ3) is 3.32. The van der Waals surface area contributed by atoms with Gasteiger partial charge in [0.1, 0.15) is 0 Å². The van der Waals surface area contributed by atoms with E-state index in [4.69, 9.17) is 4.74 Å². The van der Waals surface area contributed by atoms with Gasteiger partial charge >= 0.3 is 5.97 Å². The van der Waals surface area contributed by atoms with Gasteiger partial charge in [0.15, 0.2) is 5.54 Å². The molecule has 1 amide bonds. The van der Waals surface area contributed by atoms with Crippen molar-refractivity contribution in [2.45, 2.75) is 46.1 Å². The third-order valence-electron chi connectivity index (χ3n) is 5.77. The number of hydrogen-bond acceptors (Lipinski definition) is 4. The lowest BCUT2D eigenvalue weighted by molar-refractivity contribution is -0.931. The highest BCUT2D eigenvalue weighted by Gasteiger charge is 2.63. The Labute approximate surface area is 155 Å². The Bertz CT molecular complexity index is 756. The van der Waals surface area contributed by atoms with Crippen LogP contribution in [0, 0.1) is 18.3 Å². The number of carbonyl (C=O) groups excluding carboxylic acids is 2. The van der Waals surface area contributed by atoms with Gasteiger partial charge < -0.3 is 14.5 Å². The van der Waals surface area contributed by atoms with Crippen LogP contribution >= 0.6 is 0 Å². The van der Waals surface area contributed by atoms with E-state index in [1.165, 1.54) is 6.07 Å². The molecule has 6 nitrogen and oxygen atoms in total. The average molecular weight is 358 g/mol. The van der Waals surface area contributed by atoms with E-state index >= 15 is 0 Å². The number of esters is 1. The van der Waals surface area contributed by atoms with Crippen LogP contribution in [0.15, 0.2) is 12.1 Å². The van der Waals surface area contributed by atoms with E-state index < -0.39 is 11.5 Å². The average Bonchev–Trinajstić information content (AvgIpc) is 3.44. The molecule has 0 aromatic heterocycles. The van der Waals surface area contributed by atoms with Crippen molar-refractivity contribution in [1.29, 1.82) is 5.26 Å². The first-order chi connectivity index (χ1) is 12.3. The number of quaternary nitrogens is 1. The lowest BCUT2D eigenvalue weighted by Gasteiger charge is -2.40. The monoisotopic (exact) mass is 358 g/mol. The lowest BCUT2D eigenvalue weighted by atomic mass is 10.0. The summed E-state index contributed by atoms with van der Waals surface area (Å²) in [6, 6.07) is 5.20. The molecule has 0 spiro atoms. The molecule has 0 radical (unpaired) electrons. The van der Waals surface area contributed by atoms with Crippen LogP contribution in [0.5, 0.6) is 0 Å². The number of aryl methyl sites for hydroxylation is 1. The highest BCUT2D eigenvalue weighted by Crippen LogP contribution is 2.47. The number of amides is 1. The molecule has 1 aliphatic carbocycles. The predicted octanol–water partition coefficient (Wildman–Crippen LogP) is 3.00. The zero-order valence-corrected chi connectivity index (χ0v) is 16.3. The molecule has 1 aromatic carbocycles. The molecule has 26 heavy (non-hydrogen) atoms. The Morgan fingerprint density at radius 1 is 1.27 bits per heavy atom. The number of nitrogens with one attached hydrogen (secondary N) is 1. The standard InChI is InChI=1S/C20H27N3O3/c1-6-23(5,7-2)20(9-10-20)19(25)22-17-14(4)11-15(13-21)12-16(17)18(24)26-8-3/h11-12H,6-10H2,1-5H3/p+1. The van der Waals surface area contributed by atoms with Crippen LogP contribution in [0.2, 0.25) is 0 Å². The fraction of sp³-hybridized carbons (Fsp3) is 0.550. The van der Waals surface area contributed by atoms with E-state index in [1.807, 2.05) is 6.07 Å². The van der Waals surface area contributed by atoms with Crippen LogP contribution in [-0.2, 0) is 9.53 Å². The van der Waals surface area contributed by atoms with Crippen LogP contribution in [0.25, 0.3) is 0 Å². The summed E-state index contributed by atoms with van der Waals surface area (Å²) in [7, 11) is 2.10. The number of likely N-dealkylation sites (N-methyl/N-ethyl adjacent to an activating group) is 1. The SMILES string of the molecule is CCOC(=O)c1cc(C#N)cc(C)c1NC(=O)C1([N+](C)(CC)CC)CC1. The number of nitriles is 1. The molecule has 2 rings (SSSR count). The lowest BCUT2D eigenvalue weighted by Crippen LogP contribution is -2.59. The van der Waals surface area contributed by atoms with E-state index in [9.17, 15) is 14.9 Å². The molecule has 1 fully saturated rings. The van der Waals surface area contributed by atoms with Crippen LogP contribution in [0.1, 0.15) is 55.1 Å². The minimum atomic E-state index is -0.531. The zero-order valence-electron chi connectivity index (χ0n) is 16.3. The van der Waals surface area contributed by atoms with Crippen molar-refractivity contribution < 1.29 is 18.8 Å². The second-order valence-electron chi connectivity index (χ2n) is 7.06. The quantitative estimate of drug-likeness (QED) is 0.600. The molecular weight excluding hydrogens is 330 g/mol. The van der Waals surface area contributed by atoms with Gasteiger partial charge in [-0.25, -0.2) is 4.79 Å². The molecule has 1 aliphatic rings. The fourth-order valence-corrected chi connectivity index (χ4v) is 3.58. The van der Waals surface area contributed by atoms with Crippen LogP contribution in [-0.4, -0.2) is 48.6 Å². The number of nitrogens with zero attached hydrogens (tertiary/aromatic N) is 2. The van der Waals surface area contributed by atoms with Crippen molar-refractivity contribution in [3.63, 3.8) is 0 Å². The second-order valence-corrected chi connectivity index (χ2v) is 7.06. The van der Waals surface area contributed by atoms with Gasteiger partial charge in [-0.1, -0.05) is 0 Å². The summed E-state index contributed by atoms with van der Waals surface area (Å²) >= 11 is 0. The second kappa shape index (κ2) is 7.46. The van der Waals surface area contributed by atoms with Gasteiger partial charge in [0.25, 0.3) is 5.91 Å². The number of benzene rings is 1. The molecule has 0 aliphatic heterocycles. The topological polar surface area (TPSA) is 79.2 Å². The third-order valence-corrected chi connectivity index (χ3v) is 5.77. The first-order valence-corrected chi connectivity index (χ1v) is 9.16. The zero-order chi connectivity index (χ0) is 19.5. The number of rotatable bonds is 7. The Balaban J connectivity index is 2.42. The van der Waals surface area contributed by atoms with E-state index in [2.05, 4.69) is 26.2 Å². The van der Waals surface area contributed by atoms with Crippen molar-refractivity contribution in [1.82, 2.24) is 0 Å². The summed E-state index contributed by atoms with van der Waals surface area (Å²) in [6.45, 7) is 9.64. The molecule has 0 atom stereocenters. The van der Waals surface area contributed by atoms with Gasteiger partial charge in [0, 0.05) is 12.8 Å². The summed E-state index contributed by atoms with van der Waals surface area (Å²) in [5.74, 6) is -0.599. The highest BCUT2D eigenvalue weighted by molar-refractivity contribution is 6.06. The van der Waals surface area contributed by atoms with Crippen molar-refractivity contribution in [3.8, 4) is 6.07 Å². The largest absolute Gasteiger partial charge is 0.462 e. The molecular formula is C20H28N3O3+. The van der Waals surface area contributed by atoms with Gasteiger partial charge in [-0.15, -0.1) is 0 Å². The summed E-state index contributed by atoms with van der Waals surface area (Å²) in [5.41, 5.74) is 1.27. The maximum atomic E-state index is 13.2. The van der Waals surface area contributed by atoms with E-state index in [1.54, 1.807) is 19.9 Å². The van der Waals surface area contributed by atoms with Gasteiger partial charge in [-0.2, -0.15) is 5.26 Å². The van der Waals surface area contributed by atoms with Crippen LogP contribution < -0.4 is 5.32 Å². The molecule has 1 N–H and O–H groups in total. The molecule has 0 bridgehead atoms. The molecule has 6 heteroatoms. The fourth-order valence-electron chi connectivity index (χ4n) is 3.58. The minimum Gasteiger partial charge on any atom is -0.462 e. The van der Waals surface area contributed by atoms with E-state index in [0.29, 0.717) is 21.3 Å². The molecule has 0 heterocycles. The molecule has 1 saturated carbocycles. The first kappa shape index (κ1) is 19.9. The molecule has 0 unspecified atom stereocenters. The maximum Gasteiger partial charge on any atom is 0.340 e. The van der Waals surface area contributed by atoms with Gasteiger partial charge in [-0.3, -0.25) is 4.79 Å². The summed E-state index contributed by atoms with van der Waals surface area (Å²) < 4.78 is 5.78. The predicted molar refractivity (Wildman–Crippen MR) is 99.7 cm³/mol. The maximum absolute atomic E-state index is 13.2. The normalized spacial score (nSPS) is 15.1. The van der Waals surface area contributed by atoms with Crippen molar-refractivity contribution in [3.05, 3.63) is 28.8 Å².